The summed E-state index contributed by atoms with van der Waals surface area (Å²) in [5.41, 5.74) is -0.852. The molecule has 4 aromatic rings. The van der Waals surface area contributed by atoms with E-state index in [4.69, 9.17) is 11.6 Å². The molecule has 0 amide bonds. The van der Waals surface area contributed by atoms with Gasteiger partial charge in [0.1, 0.15) is 10.6 Å². The number of hydrogen-bond donors (Lipinski definition) is 1. The van der Waals surface area contributed by atoms with Gasteiger partial charge < -0.3 is 9.67 Å². The van der Waals surface area contributed by atoms with Crippen LogP contribution in [0.5, 0.6) is 0 Å². The summed E-state index contributed by atoms with van der Waals surface area (Å²) >= 11 is 8.89. The fourth-order valence-corrected chi connectivity index (χ4v) is 5.92. The third kappa shape index (κ3) is 6.21. The number of carbonyl (C=O) groups is 3. The Morgan fingerprint density at radius 3 is 2.41 bits per heavy atom. The lowest BCUT2D eigenvalue weighted by Gasteiger charge is -2.17. The molecule has 0 fully saturated rings. The molecule has 0 aliphatic rings. The van der Waals surface area contributed by atoms with Crippen molar-refractivity contribution in [3.63, 3.8) is 0 Å². The maximum Gasteiger partial charge on any atom is 0.341 e. The number of pyridine rings is 2. The molecule has 4 rings (SSSR count). The van der Waals surface area contributed by atoms with Crippen molar-refractivity contribution in [2.75, 3.05) is 0 Å². The molecule has 4 aromatic heterocycles. The molecule has 39 heavy (non-hydrogen) atoms. The van der Waals surface area contributed by atoms with E-state index in [9.17, 15) is 24.3 Å². The zero-order valence-corrected chi connectivity index (χ0v) is 24.0. The first-order chi connectivity index (χ1) is 18.4. The molecule has 0 unspecified atom stereocenters. The molecule has 0 spiro atoms. The summed E-state index contributed by atoms with van der Waals surface area (Å²) in [5.74, 6) is -1.51. The molecule has 12 heteroatoms. The lowest BCUT2D eigenvalue weighted by atomic mass is 9.96. The summed E-state index contributed by atoms with van der Waals surface area (Å²) < 4.78 is 3.04. The van der Waals surface area contributed by atoms with E-state index in [1.54, 1.807) is 32.9 Å². The Balaban J connectivity index is 1.82. The standard InChI is InChI=1S/C27H25ClN4O5S2/c1-15-18(12-31(24(34)23(15)25(35)36)13-20(33)16-7-9-29-10-8-16)19-11-22(32(30-19)26(37)27(2,3)4)38-14-17-5-6-21(28)39-17/h5-12H,13-14H2,1-4H3,(H,35,36). The molecule has 0 aliphatic carbocycles. The smallest absolute Gasteiger partial charge is 0.341 e. The topological polar surface area (TPSA) is 124 Å². The van der Waals surface area contributed by atoms with Crippen molar-refractivity contribution in [3.8, 4) is 11.3 Å². The van der Waals surface area contributed by atoms with Crippen molar-refractivity contribution in [1.82, 2.24) is 19.3 Å². The zero-order chi connectivity index (χ0) is 28.5. The average Bonchev–Trinajstić information content (AvgIpc) is 3.49. The summed E-state index contributed by atoms with van der Waals surface area (Å²) in [7, 11) is 0. The Bertz CT molecular complexity index is 1630. The zero-order valence-electron chi connectivity index (χ0n) is 21.6. The van der Waals surface area contributed by atoms with E-state index in [1.165, 1.54) is 65.4 Å². The molecule has 0 atom stereocenters. The maximum atomic E-state index is 13.3. The number of carboxylic acids is 1. The molecular weight excluding hydrogens is 560 g/mol. The third-order valence-corrected chi connectivity index (χ3v) is 8.30. The summed E-state index contributed by atoms with van der Waals surface area (Å²) in [5, 5.41) is 15.0. The molecule has 0 bridgehead atoms. The van der Waals surface area contributed by atoms with E-state index in [-0.39, 0.29) is 23.8 Å². The number of nitrogens with zero attached hydrogens (tertiary/aromatic N) is 4. The Hall–Kier alpha value is -3.54. The number of carboxylic acid groups (broad SMARTS) is 1. The van der Waals surface area contributed by atoms with Gasteiger partial charge in [0.05, 0.1) is 16.6 Å². The van der Waals surface area contributed by atoms with Gasteiger partial charge in [0, 0.05) is 45.8 Å². The van der Waals surface area contributed by atoms with Crippen LogP contribution in [-0.4, -0.2) is 42.1 Å². The van der Waals surface area contributed by atoms with Crippen LogP contribution < -0.4 is 5.56 Å². The van der Waals surface area contributed by atoms with Crippen molar-refractivity contribution in [3.05, 3.63) is 85.2 Å². The second-order valence-electron chi connectivity index (χ2n) is 9.77. The highest BCUT2D eigenvalue weighted by molar-refractivity contribution is 7.98. The minimum atomic E-state index is -1.42. The van der Waals surface area contributed by atoms with Crippen LogP contribution in [0.3, 0.4) is 0 Å². The predicted molar refractivity (Wildman–Crippen MR) is 151 cm³/mol. The molecule has 0 saturated carbocycles. The van der Waals surface area contributed by atoms with E-state index in [1.807, 2.05) is 6.07 Å². The Labute approximate surface area is 237 Å². The van der Waals surface area contributed by atoms with E-state index in [2.05, 4.69) is 10.1 Å². The van der Waals surface area contributed by atoms with E-state index in [0.717, 1.165) is 9.44 Å². The number of rotatable bonds is 8. The van der Waals surface area contributed by atoms with Crippen LogP contribution in [0, 0.1) is 12.3 Å². The van der Waals surface area contributed by atoms with Crippen LogP contribution in [0.15, 0.2) is 58.7 Å². The highest BCUT2D eigenvalue weighted by Crippen LogP contribution is 2.34. The van der Waals surface area contributed by atoms with Gasteiger partial charge in [-0.25, -0.2) is 4.79 Å². The minimum Gasteiger partial charge on any atom is -0.477 e. The van der Waals surface area contributed by atoms with Crippen LogP contribution in [0.1, 0.15) is 56.7 Å². The van der Waals surface area contributed by atoms with E-state index in [0.29, 0.717) is 31.9 Å². The van der Waals surface area contributed by atoms with Gasteiger partial charge in [-0.05, 0) is 42.8 Å². The highest BCUT2D eigenvalue weighted by Gasteiger charge is 2.29. The van der Waals surface area contributed by atoms with Gasteiger partial charge in [-0.2, -0.15) is 9.78 Å². The number of ketones is 1. The number of thiophene rings is 1. The number of aromatic nitrogens is 4. The lowest BCUT2D eigenvalue weighted by Crippen LogP contribution is -2.30. The Kier molecular flexibility index (Phi) is 8.24. The van der Waals surface area contributed by atoms with E-state index < -0.39 is 22.5 Å². The first kappa shape index (κ1) is 28.5. The number of aromatic carboxylic acids is 1. The minimum absolute atomic E-state index is 0.189. The van der Waals surface area contributed by atoms with Crippen LogP contribution in [-0.2, 0) is 12.3 Å². The van der Waals surface area contributed by atoms with Crippen LogP contribution >= 0.6 is 34.7 Å². The van der Waals surface area contributed by atoms with Crippen molar-refractivity contribution in [2.24, 2.45) is 5.41 Å². The van der Waals surface area contributed by atoms with Crippen molar-refractivity contribution >= 4 is 52.4 Å². The Morgan fingerprint density at radius 2 is 1.82 bits per heavy atom. The lowest BCUT2D eigenvalue weighted by molar-refractivity contribution is 0.0691. The molecule has 202 valence electrons. The number of Topliss-reactive ketones (excluding diaryl/α,β-unsaturated/α-hetero) is 1. The van der Waals surface area contributed by atoms with Crippen molar-refractivity contribution in [1.29, 1.82) is 0 Å². The highest BCUT2D eigenvalue weighted by atomic mass is 35.5. The van der Waals surface area contributed by atoms with Gasteiger partial charge in [-0.1, -0.05) is 32.4 Å². The summed E-state index contributed by atoms with van der Waals surface area (Å²) in [6.45, 7) is 6.48. The molecule has 0 saturated heterocycles. The van der Waals surface area contributed by atoms with Gasteiger partial charge >= 0.3 is 5.97 Å². The molecule has 1 N–H and O–H groups in total. The number of halogens is 1. The van der Waals surface area contributed by atoms with Gasteiger partial charge in [-0.3, -0.25) is 19.4 Å². The number of carbonyl (C=O) groups excluding carboxylic acids is 2. The fraction of sp³-hybridized carbons (Fsp3) is 0.259. The molecule has 0 radical (unpaired) electrons. The fourth-order valence-electron chi connectivity index (χ4n) is 3.80. The predicted octanol–water partition coefficient (Wildman–Crippen LogP) is 5.69. The molecule has 0 aromatic carbocycles. The summed E-state index contributed by atoms with van der Waals surface area (Å²) in [4.78, 5) is 56.2. The van der Waals surface area contributed by atoms with Crippen molar-refractivity contribution in [2.45, 2.75) is 45.0 Å². The second-order valence-corrected chi connectivity index (χ2v) is 12.6. The van der Waals surface area contributed by atoms with Crippen LogP contribution in [0.2, 0.25) is 4.34 Å². The molecule has 0 aliphatic heterocycles. The van der Waals surface area contributed by atoms with Crippen molar-refractivity contribution < 1.29 is 19.5 Å². The normalized spacial score (nSPS) is 11.5. The SMILES string of the molecule is Cc1c(-c2cc(SCc3ccc(Cl)s3)n(C(=O)C(C)(C)C)n2)cn(CC(=O)c2ccncc2)c(=O)c1C(=O)O. The number of thioether (sulfide) groups is 1. The van der Waals surface area contributed by atoms with E-state index >= 15 is 0 Å². The molecular formula is C27H25ClN4O5S2. The summed E-state index contributed by atoms with van der Waals surface area (Å²) in [6.07, 6.45) is 4.34. The summed E-state index contributed by atoms with van der Waals surface area (Å²) in [6, 6.07) is 8.44. The third-order valence-electron chi connectivity index (χ3n) is 5.85. The average molecular weight is 585 g/mol. The molecule has 9 nitrogen and oxygen atoms in total. The maximum absolute atomic E-state index is 13.3. The van der Waals surface area contributed by atoms with Gasteiger partial charge in [0.2, 0.25) is 0 Å². The first-order valence-electron chi connectivity index (χ1n) is 11.8. The first-order valence-corrected chi connectivity index (χ1v) is 14.0. The van der Waals surface area contributed by atoms with Gasteiger partial charge in [0.15, 0.2) is 5.78 Å². The van der Waals surface area contributed by atoms with Crippen LogP contribution in [0.4, 0.5) is 0 Å². The number of hydrogen-bond acceptors (Lipinski definition) is 8. The largest absolute Gasteiger partial charge is 0.477 e. The monoisotopic (exact) mass is 584 g/mol. The second kappa shape index (κ2) is 11.3. The Morgan fingerprint density at radius 1 is 1.13 bits per heavy atom. The quantitative estimate of drug-likeness (QED) is 0.207. The molecule has 4 heterocycles. The van der Waals surface area contributed by atoms with Gasteiger partial charge in [-0.15, -0.1) is 23.1 Å². The van der Waals surface area contributed by atoms with Crippen LogP contribution in [0.25, 0.3) is 11.3 Å². The van der Waals surface area contributed by atoms with Gasteiger partial charge in [0.25, 0.3) is 11.5 Å².